The second kappa shape index (κ2) is 7.73. The van der Waals surface area contributed by atoms with E-state index in [9.17, 15) is 9.59 Å². The normalized spacial score (nSPS) is 15.8. The van der Waals surface area contributed by atoms with Crippen molar-refractivity contribution in [2.75, 3.05) is 33.4 Å². The number of carbonyl (C=O) groups excluding carboxylic acids is 2. The molecule has 2 amide bonds. The molecule has 0 atom stereocenters. The van der Waals surface area contributed by atoms with E-state index >= 15 is 0 Å². The molecule has 6 nitrogen and oxygen atoms in total. The highest BCUT2D eigenvalue weighted by molar-refractivity contribution is 5.94. The lowest BCUT2D eigenvalue weighted by molar-refractivity contribution is -0.126. The minimum atomic E-state index is -0.0141. The SMILES string of the molecule is COCCNC(=O)C1CCN(C(=O)c2cccnc2)CC1. The topological polar surface area (TPSA) is 71.5 Å². The molecule has 114 valence electrons. The molecule has 1 aromatic rings. The number of carbonyl (C=O) groups is 2. The van der Waals surface area contributed by atoms with Crippen molar-refractivity contribution in [1.82, 2.24) is 15.2 Å². The first-order valence-corrected chi connectivity index (χ1v) is 7.18. The number of nitrogens with one attached hydrogen (secondary N) is 1. The fourth-order valence-electron chi connectivity index (χ4n) is 2.44. The van der Waals surface area contributed by atoms with Crippen molar-refractivity contribution in [2.45, 2.75) is 12.8 Å². The summed E-state index contributed by atoms with van der Waals surface area (Å²) in [5.41, 5.74) is 0.598. The third kappa shape index (κ3) is 4.26. The van der Waals surface area contributed by atoms with Crippen molar-refractivity contribution < 1.29 is 14.3 Å². The smallest absolute Gasteiger partial charge is 0.255 e. The Bertz CT molecular complexity index is 470. The number of hydrogen-bond donors (Lipinski definition) is 1. The Morgan fingerprint density at radius 1 is 1.43 bits per heavy atom. The number of rotatable bonds is 5. The molecule has 0 radical (unpaired) electrons. The van der Waals surface area contributed by atoms with Gasteiger partial charge in [0, 0.05) is 45.1 Å². The molecular weight excluding hydrogens is 270 g/mol. The molecule has 1 N–H and O–H groups in total. The summed E-state index contributed by atoms with van der Waals surface area (Å²) < 4.78 is 4.90. The van der Waals surface area contributed by atoms with Crippen LogP contribution in [0.5, 0.6) is 0 Å². The Hall–Kier alpha value is -1.95. The summed E-state index contributed by atoms with van der Waals surface area (Å²) in [5, 5.41) is 2.85. The van der Waals surface area contributed by atoms with Gasteiger partial charge in [-0.15, -0.1) is 0 Å². The monoisotopic (exact) mass is 291 g/mol. The molecule has 0 aliphatic carbocycles. The number of pyridine rings is 1. The van der Waals surface area contributed by atoms with Crippen LogP contribution in [0, 0.1) is 5.92 Å². The minimum absolute atomic E-state index is 0.0126. The second-order valence-corrected chi connectivity index (χ2v) is 5.09. The number of ether oxygens (including phenoxy) is 1. The minimum Gasteiger partial charge on any atom is -0.383 e. The third-order valence-corrected chi connectivity index (χ3v) is 3.67. The molecule has 6 heteroatoms. The van der Waals surface area contributed by atoms with E-state index in [2.05, 4.69) is 10.3 Å². The highest BCUT2D eigenvalue weighted by atomic mass is 16.5. The van der Waals surface area contributed by atoms with Gasteiger partial charge in [0.1, 0.15) is 0 Å². The van der Waals surface area contributed by atoms with E-state index in [-0.39, 0.29) is 17.7 Å². The van der Waals surface area contributed by atoms with Crippen LogP contribution >= 0.6 is 0 Å². The molecule has 0 unspecified atom stereocenters. The van der Waals surface area contributed by atoms with Crippen LogP contribution in [-0.4, -0.2) is 55.0 Å². The maximum atomic E-state index is 12.3. The van der Waals surface area contributed by atoms with E-state index in [1.54, 1.807) is 36.5 Å². The fraction of sp³-hybridized carbons (Fsp3) is 0.533. The summed E-state index contributed by atoms with van der Waals surface area (Å²) in [6, 6.07) is 3.52. The zero-order chi connectivity index (χ0) is 15.1. The van der Waals surface area contributed by atoms with Crippen molar-refractivity contribution in [2.24, 2.45) is 5.92 Å². The van der Waals surface area contributed by atoms with Gasteiger partial charge in [0.2, 0.25) is 5.91 Å². The molecule has 0 bridgehead atoms. The van der Waals surface area contributed by atoms with Crippen LogP contribution in [0.25, 0.3) is 0 Å². The van der Waals surface area contributed by atoms with Gasteiger partial charge in [-0.1, -0.05) is 0 Å². The van der Waals surface area contributed by atoms with Gasteiger partial charge in [-0.2, -0.15) is 0 Å². The van der Waals surface area contributed by atoms with Gasteiger partial charge in [0.15, 0.2) is 0 Å². The Morgan fingerprint density at radius 3 is 2.81 bits per heavy atom. The molecule has 21 heavy (non-hydrogen) atoms. The number of aromatic nitrogens is 1. The van der Waals surface area contributed by atoms with Gasteiger partial charge in [-0.3, -0.25) is 14.6 Å². The zero-order valence-corrected chi connectivity index (χ0v) is 12.2. The van der Waals surface area contributed by atoms with E-state index < -0.39 is 0 Å². The molecule has 0 aromatic carbocycles. The van der Waals surface area contributed by atoms with Crippen LogP contribution in [0.4, 0.5) is 0 Å². The van der Waals surface area contributed by atoms with E-state index in [1.807, 2.05) is 0 Å². The predicted molar refractivity (Wildman–Crippen MR) is 77.8 cm³/mol. The van der Waals surface area contributed by atoms with Gasteiger partial charge in [0.05, 0.1) is 12.2 Å². The standard InChI is InChI=1S/C15H21N3O3/c1-21-10-7-17-14(19)12-4-8-18(9-5-12)15(20)13-3-2-6-16-11-13/h2-3,6,11-12H,4-5,7-10H2,1H3,(H,17,19). The summed E-state index contributed by atoms with van der Waals surface area (Å²) in [6.07, 6.45) is 4.62. The Morgan fingerprint density at radius 2 is 2.19 bits per heavy atom. The lowest BCUT2D eigenvalue weighted by Crippen LogP contribution is -2.43. The highest BCUT2D eigenvalue weighted by Crippen LogP contribution is 2.19. The maximum Gasteiger partial charge on any atom is 0.255 e. The number of likely N-dealkylation sites (tertiary alicyclic amines) is 1. The number of nitrogens with zero attached hydrogens (tertiary/aromatic N) is 2. The molecule has 0 saturated carbocycles. The van der Waals surface area contributed by atoms with Gasteiger partial charge in [-0.25, -0.2) is 0 Å². The van der Waals surface area contributed by atoms with E-state index in [1.165, 1.54) is 0 Å². The molecule has 2 heterocycles. The molecule has 2 rings (SSSR count). The first-order valence-electron chi connectivity index (χ1n) is 7.18. The number of methoxy groups -OCH3 is 1. The zero-order valence-electron chi connectivity index (χ0n) is 12.2. The lowest BCUT2D eigenvalue weighted by atomic mass is 9.95. The van der Waals surface area contributed by atoms with Crippen molar-refractivity contribution in [3.8, 4) is 0 Å². The van der Waals surface area contributed by atoms with Gasteiger partial charge in [0.25, 0.3) is 5.91 Å². The van der Waals surface area contributed by atoms with E-state index in [0.29, 0.717) is 44.6 Å². The average Bonchev–Trinajstić information content (AvgIpc) is 2.55. The van der Waals surface area contributed by atoms with Crippen molar-refractivity contribution in [3.05, 3.63) is 30.1 Å². The van der Waals surface area contributed by atoms with Crippen LogP contribution in [0.2, 0.25) is 0 Å². The molecule has 1 saturated heterocycles. The fourth-order valence-corrected chi connectivity index (χ4v) is 2.44. The predicted octanol–water partition coefficient (Wildman–Crippen LogP) is 0.696. The second-order valence-electron chi connectivity index (χ2n) is 5.09. The Kier molecular flexibility index (Phi) is 5.68. The molecular formula is C15H21N3O3. The number of hydrogen-bond acceptors (Lipinski definition) is 4. The maximum absolute atomic E-state index is 12.3. The summed E-state index contributed by atoms with van der Waals surface area (Å²) >= 11 is 0. The van der Waals surface area contributed by atoms with Crippen LogP contribution in [-0.2, 0) is 9.53 Å². The highest BCUT2D eigenvalue weighted by Gasteiger charge is 2.27. The lowest BCUT2D eigenvalue weighted by Gasteiger charge is -2.31. The van der Waals surface area contributed by atoms with Crippen molar-refractivity contribution in [3.63, 3.8) is 0 Å². The van der Waals surface area contributed by atoms with E-state index in [4.69, 9.17) is 4.74 Å². The average molecular weight is 291 g/mol. The quantitative estimate of drug-likeness (QED) is 0.811. The Labute approximate surface area is 124 Å². The van der Waals surface area contributed by atoms with Gasteiger partial charge >= 0.3 is 0 Å². The summed E-state index contributed by atoms with van der Waals surface area (Å²) in [7, 11) is 1.61. The Balaban J connectivity index is 1.80. The molecule has 1 aromatic heterocycles. The van der Waals surface area contributed by atoms with E-state index in [0.717, 1.165) is 0 Å². The molecule has 1 aliphatic heterocycles. The van der Waals surface area contributed by atoms with Gasteiger partial charge in [-0.05, 0) is 25.0 Å². The van der Waals surface area contributed by atoms with Crippen LogP contribution < -0.4 is 5.32 Å². The first-order chi connectivity index (χ1) is 10.2. The molecule has 1 aliphatic rings. The molecule has 0 spiro atoms. The van der Waals surface area contributed by atoms with Crippen molar-refractivity contribution in [1.29, 1.82) is 0 Å². The van der Waals surface area contributed by atoms with Gasteiger partial charge < -0.3 is 15.0 Å². The van der Waals surface area contributed by atoms with Crippen LogP contribution in [0.3, 0.4) is 0 Å². The first kappa shape index (κ1) is 15.4. The van der Waals surface area contributed by atoms with Crippen molar-refractivity contribution >= 4 is 11.8 Å². The number of amides is 2. The summed E-state index contributed by atoms with van der Waals surface area (Å²) in [5.74, 6) is 0.0293. The third-order valence-electron chi connectivity index (χ3n) is 3.67. The largest absolute Gasteiger partial charge is 0.383 e. The molecule has 1 fully saturated rings. The van der Waals surface area contributed by atoms with Crippen LogP contribution in [0.15, 0.2) is 24.5 Å². The summed E-state index contributed by atoms with van der Waals surface area (Å²) in [6.45, 7) is 2.26. The summed E-state index contributed by atoms with van der Waals surface area (Å²) in [4.78, 5) is 29.9. The number of piperidine rings is 1. The van der Waals surface area contributed by atoms with Crippen LogP contribution in [0.1, 0.15) is 23.2 Å².